The number of hydrogen-bond donors (Lipinski definition) is 3. The smallest absolute Gasteiger partial charge is 0.228 e. The molecule has 1 atom stereocenters. The molecule has 0 amide bonds. The van der Waals surface area contributed by atoms with Gasteiger partial charge in [0.2, 0.25) is 5.95 Å². The highest BCUT2D eigenvalue weighted by molar-refractivity contribution is 5.48. The summed E-state index contributed by atoms with van der Waals surface area (Å²) in [6, 6.07) is 3.49. The number of piperidine rings is 1. The van der Waals surface area contributed by atoms with Gasteiger partial charge in [0, 0.05) is 30.9 Å². The lowest BCUT2D eigenvalue weighted by molar-refractivity contribution is 0.0545. The quantitative estimate of drug-likeness (QED) is 0.708. The molecule has 2 aromatic rings. The molecule has 0 saturated carbocycles. The highest BCUT2D eigenvalue weighted by atomic mass is 16.3. The molecule has 0 aliphatic carbocycles. The van der Waals surface area contributed by atoms with Gasteiger partial charge in [0.25, 0.3) is 0 Å². The van der Waals surface area contributed by atoms with Crippen LogP contribution in [0.15, 0.2) is 24.5 Å². The number of anilines is 2. The number of aliphatic hydroxyl groups is 2. The zero-order chi connectivity index (χ0) is 17.6. The summed E-state index contributed by atoms with van der Waals surface area (Å²) in [4.78, 5) is 19.5. The van der Waals surface area contributed by atoms with Crippen LogP contribution in [0.2, 0.25) is 0 Å². The molecule has 134 valence electrons. The zero-order valence-corrected chi connectivity index (χ0v) is 14.3. The molecule has 0 aromatic carbocycles. The molecule has 0 radical (unpaired) electrons. The van der Waals surface area contributed by atoms with Gasteiger partial charge in [0.15, 0.2) is 0 Å². The summed E-state index contributed by atoms with van der Waals surface area (Å²) in [6.45, 7) is 3.44. The van der Waals surface area contributed by atoms with Crippen LogP contribution in [0.5, 0.6) is 0 Å². The summed E-state index contributed by atoms with van der Waals surface area (Å²) in [6.07, 6.45) is 5.38. The molecule has 8 nitrogen and oxygen atoms in total. The minimum Gasteiger partial charge on any atom is -0.395 e. The van der Waals surface area contributed by atoms with Gasteiger partial charge in [-0.15, -0.1) is 0 Å². The SMILES string of the molecule is Cc1nc(Nc2ncccn2)cc([C@@H]2CCCN(C(CO)CO)C2)n1. The van der Waals surface area contributed by atoms with Crippen molar-refractivity contribution in [2.45, 2.75) is 31.7 Å². The molecule has 2 aromatic heterocycles. The van der Waals surface area contributed by atoms with Gasteiger partial charge in [-0.2, -0.15) is 0 Å². The molecule has 1 saturated heterocycles. The average Bonchev–Trinajstić information content (AvgIpc) is 2.63. The first-order chi connectivity index (χ1) is 12.2. The highest BCUT2D eigenvalue weighted by Crippen LogP contribution is 2.28. The Kier molecular flexibility index (Phi) is 5.85. The van der Waals surface area contributed by atoms with Gasteiger partial charge in [-0.1, -0.05) is 0 Å². The van der Waals surface area contributed by atoms with Crippen molar-refractivity contribution in [3.63, 3.8) is 0 Å². The van der Waals surface area contributed by atoms with E-state index in [0.717, 1.165) is 31.6 Å². The van der Waals surface area contributed by atoms with Gasteiger partial charge < -0.3 is 15.5 Å². The lowest BCUT2D eigenvalue weighted by Crippen LogP contribution is -2.45. The maximum Gasteiger partial charge on any atom is 0.228 e. The Balaban J connectivity index is 1.77. The molecule has 3 rings (SSSR count). The number of likely N-dealkylation sites (tertiary alicyclic amines) is 1. The molecule has 1 aliphatic heterocycles. The Morgan fingerprint density at radius 1 is 1.24 bits per heavy atom. The van der Waals surface area contributed by atoms with E-state index < -0.39 is 0 Å². The lowest BCUT2D eigenvalue weighted by Gasteiger charge is -2.36. The molecule has 3 N–H and O–H groups in total. The molecule has 8 heteroatoms. The molecule has 0 spiro atoms. The van der Waals surface area contributed by atoms with Crippen LogP contribution in [0.4, 0.5) is 11.8 Å². The number of nitrogens with zero attached hydrogens (tertiary/aromatic N) is 5. The van der Waals surface area contributed by atoms with Gasteiger partial charge in [-0.3, -0.25) is 4.90 Å². The maximum absolute atomic E-state index is 9.44. The van der Waals surface area contributed by atoms with Crippen LogP contribution in [0.25, 0.3) is 0 Å². The molecule has 1 aliphatic rings. The Morgan fingerprint density at radius 2 is 2.00 bits per heavy atom. The lowest BCUT2D eigenvalue weighted by atomic mass is 9.93. The molecular weight excluding hydrogens is 320 g/mol. The molecule has 1 fully saturated rings. The van der Waals surface area contributed by atoms with Crippen molar-refractivity contribution in [2.75, 3.05) is 31.6 Å². The first kappa shape index (κ1) is 17.7. The highest BCUT2D eigenvalue weighted by Gasteiger charge is 2.27. The van der Waals surface area contributed by atoms with Crippen LogP contribution < -0.4 is 5.32 Å². The van der Waals surface area contributed by atoms with Crippen LogP contribution >= 0.6 is 0 Å². The van der Waals surface area contributed by atoms with Crippen LogP contribution in [0, 0.1) is 6.92 Å². The van der Waals surface area contributed by atoms with Gasteiger partial charge in [0.05, 0.1) is 24.9 Å². The second kappa shape index (κ2) is 8.28. The fourth-order valence-electron chi connectivity index (χ4n) is 3.21. The largest absolute Gasteiger partial charge is 0.395 e. The molecule has 0 bridgehead atoms. The Labute approximate surface area is 147 Å². The zero-order valence-electron chi connectivity index (χ0n) is 14.3. The third-order valence-corrected chi connectivity index (χ3v) is 4.47. The van der Waals surface area contributed by atoms with E-state index in [1.807, 2.05) is 13.0 Å². The van der Waals surface area contributed by atoms with Crippen molar-refractivity contribution < 1.29 is 10.2 Å². The van der Waals surface area contributed by atoms with E-state index in [-0.39, 0.29) is 25.2 Å². The van der Waals surface area contributed by atoms with Crippen molar-refractivity contribution in [3.8, 4) is 0 Å². The average molecular weight is 344 g/mol. The number of aryl methyl sites for hydroxylation is 1. The fourth-order valence-corrected chi connectivity index (χ4v) is 3.21. The first-order valence-corrected chi connectivity index (χ1v) is 8.55. The Hall–Kier alpha value is -2.16. The molecule has 0 unspecified atom stereocenters. The van der Waals surface area contributed by atoms with E-state index in [9.17, 15) is 10.2 Å². The van der Waals surface area contributed by atoms with Crippen molar-refractivity contribution in [1.29, 1.82) is 0 Å². The minimum absolute atomic E-state index is 0.0375. The first-order valence-electron chi connectivity index (χ1n) is 8.55. The summed E-state index contributed by atoms with van der Waals surface area (Å²) < 4.78 is 0. The normalized spacial score (nSPS) is 18.5. The summed E-state index contributed by atoms with van der Waals surface area (Å²) in [5, 5.41) is 22.0. The van der Waals surface area contributed by atoms with E-state index in [1.165, 1.54) is 0 Å². The summed E-state index contributed by atoms with van der Waals surface area (Å²) >= 11 is 0. The summed E-state index contributed by atoms with van der Waals surface area (Å²) in [5.41, 5.74) is 0.963. The predicted octanol–water partition coefficient (Wildman–Crippen LogP) is 0.851. The van der Waals surface area contributed by atoms with E-state index in [2.05, 4.69) is 30.2 Å². The van der Waals surface area contributed by atoms with Gasteiger partial charge in [-0.25, -0.2) is 19.9 Å². The number of hydrogen-bond acceptors (Lipinski definition) is 8. The Bertz CT molecular complexity index is 680. The van der Waals surface area contributed by atoms with E-state index in [1.54, 1.807) is 18.5 Å². The number of nitrogens with one attached hydrogen (secondary N) is 1. The Morgan fingerprint density at radius 3 is 2.72 bits per heavy atom. The monoisotopic (exact) mass is 344 g/mol. The van der Waals surface area contributed by atoms with Crippen LogP contribution in [-0.2, 0) is 0 Å². The summed E-state index contributed by atoms with van der Waals surface area (Å²) in [7, 11) is 0. The fraction of sp³-hybridized carbons (Fsp3) is 0.529. The topological polar surface area (TPSA) is 107 Å². The van der Waals surface area contributed by atoms with Crippen molar-refractivity contribution in [1.82, 2.24) is 24.8 Å². The number of aliphatic hydroxyl groups excluding tert-OH is 2. The molecule has 25 heavy (non-hydrogen) atoms. The standard InChI is InChI=1S/C17H24N6O2/c1-12-20-15(8-16(21-12)22-17-18-5-3-6-19-17)13-4-2-7-23(9-13)14(10-24)11-25/h3,5-6,8,13-14,24-25H,2,4,7,9-11H2,1H3,(H,18,19,20,21,22)/t13-/m1/s1. The predicted molar refractivity (Wildman–Crippen MR) is 93.6 cm³/mol. The van der Waals surface area contributed by atoms with Crippen LogP contribution in [-0.4, -0.2) is 67.4 Å². The van der Waals surface area contributed by atoms with E-state index >= 15 is 0 Å². The third kappa shape index (κ3) is 4.47. The third-order valence-electron chi connectivity index (χ3n) is 4.47. The van der Waals surface area contributed by atoms with Crippen molar-refractivity contribution in [3.05, 3.63) is 36.0 Å². The second-order valence-corrected chi connectivity index (χ2v) is 6.28. The number of rotatable bonds is 6. The van der Waals surface area contributed by atoms with Gasteiger partial charge in [-0.05, 0) is 32.4 Å². The van der Waals surface area contributed by atoms with Crippen LogP contribution in [0.1, 0.15) is 30.3 Å². The van der Waals surface area contributed by atoms with Crippen molar-refractivity contribution >= 4 is 11.8 Å². The van der Waals surface area contributed by atoms with E-state index in [0.29, 0.717) is 17.6 Å². The van der Waals surface area contributed by atoms with Gasteiger partial charge in [0.1, 0.15) is 11.6 Å². The summed E-state index contributed by atoms with van der Waals surface area (Å²) in [5.74, 6) is 2.10. The second-order valence-electron chi connectivity index (χ2n) is 6.28. The number of aromatic nitrogens is 4. The maximum atomic E-state index is 9.44. The van der Waals surface area contributed by atoms with Crippen LogP contribution in [0.3, 0.4) is 0 Å². The molecular formula is C17H24N6O2. The van der Waals surface area contributed by atoms with Gasteiger partial charge >= 0.3 is 0 Å². The van der Waals surface area contributed by atoms with Crippen molar-refractivity contribution in [2.24, 2.45) is 0 Å². The minimum atomic E-state index is -0.207. The van der Waals surface area contributed by atoms with E-state index in [4.69, 9.17) is 0 Å². The molecule has 3 heterocycles.